The van der Waals surface area contributed by atoms with E-state index in [1.165, 1.54) is 24.8 Å². The molecular formula is C15H24O. The molecule has 1 aromatic carbocycles. The monoisotopic (exact) mass is 220 g/mol. The minimum atomic E-state index is 0.358. The predicted molar refractivity (Wildman–Crippen MR) is 69.7 cm³/mol. The molecule has 1 nitrogen and oxygen atoms in total. The predicted octanol–water partition coefficient (Wildman–Crippen LogP) is 4.40. The maximum Gasteiger partial charge on any atom is 0.115 e. The van der Waals surface area contributed by atoms with E-state index in [2.05, 4.69) is 20.8 Å². The van der Waals surface area contributed by atoms with Crippen molar-refractivity contribution in [3.8, 4) is 5.75 Å². The van der Waals surface area contributed by atoms with Gasteiger partial charge in [-0.15, -0.1) is 0 Å². The molecule has 0 aliphatic rings. The van der Waals surface area contributed by atoms with Gasteiger partial charge in [-0.2, -0.15) is 0 Å². The maximum atomic E-state index is 9.20. The lowest BCUT2D eigenvalue weighted by molar-refractivity contribution is 0.319. The molecule has 0 saturated heterocycles. The van der Waals surface area contributed by atoms with E-state index in [0.717, 1.165) is 18.3 Å². The molecule has 1 N–H and O–H groups in total. The summed E-state index contributed by atoms with van der Waals surface area (Å²) in [6.07, 6.45) is 4.94. The zero-order valence-corrected chi connectivity index (χ0v) is 10.7. The summed E-state index contributed by atoms with van der Waals surface area (Å²) in [4.78, 5) is 0. The summed E-state index contributed by atoms with van der Waals surface area (Å²) in [6, 6.07) is 7.60. The van der Waals surface area contributed by atoms with Crippen molar-refractivity contribution in [1.29, 1.82) is 0 Å². The quantitative estimate of drug-likeness (QED) is 0.753. The average Bonchev–Trinajstić information content (AvgIpc) is 2.30. The van der Waals surface area contributed by atoms with Crippen molar-refractivity contribution in [3.05, 3.63) is 29.8 Å². The van der Waals surface area contributed by atoms with E-state index in [1.54, 1.807) is 12.1 Å². The number of aryl methyl sites for hydroxylation is 1. The molecule has 0 saturated carbocycles. The second kappa shape index (κ2) is 6.57. The molecule has 0 bridgehead atoms. The smallest absolute Gasteiger partial charge is 0.115 e. The lowest BCUT2D eigenvalue weighted by atomic mass is 9.85. The molecule has 1 rings (SSSR count). The van der Waals surface area contributed by atoms with Crippen LogP contribution in [0.25, 0.3) is 0 Å². The Kier molecular flexibility index (Phi) is 5.37. The molecule has 1 unspecified atom stereocenters. The highest BCUT2D eigenvalue weighted by Gasteiger charge is 2.12. The fourth-order valence-corrected chi connectivity index (χ4v) is 2.39. The van der Waals surface area contributed by atoms with Crippen LogP contribution in [-0.4, -0.2) is 5.11 Å². The van der Waals surface area contributed by atoms with Gasteiger partial charge in [-0.25, -0.2) is 0 Å². The lowest BCUT2D eigenvalue weighted by Crippen LogP contribution is -2.10. The van der Waals surface area contributed by atoms with Gasteiger partial charge in [-0.1, -0.05) is 45.7 Å². The molecule has 90 valence electrons. The third-order valence-electron chi connectivity index (χ3n) is 3.68. The third kappa shape index (κ3) is 3.88. The molecule has 16 heavy (non-hydrogen) atoms. The summed E-state index contributed by atoms with van der Waals surface area (Å²) in [5.74, 6) is 2.01. The second-order valence-electron chi connectivity index (χ2n) is 4.76. The molecular weight excluding hydrogens is 196 g/mol. The van der Waals surface area contributed by atoms with Crippen LogP contribution in [0.15, 0.2) is 24.3 Å². The van der Waals surface area contributed by atoms with Gasteiger partial charge in [-0.3, -0.25) is 0 Å². The van der Waals surface area contributed by atoms with Crippen LogP contribution in [0.4, 0.5) is 0 Å². The van der Waals surface area contributed by atoms with Gasteiger partial charge < -0.3 is 5.11 Å². The number of rotatable bonds is 6. The van der Waals surface area contributed by atoms with Crippen LogP contribution in [0, 0.1) is 11.8 Å². The van der Waals surface area contributed by atoms with E-state index < -0.39 is 0 Å². The van der Waals surface area contributed by atoms with Crippen molar-refractivity contribution >= 4 is 0 Å². The second-order valence-corrected chi connectivity index (χ2v) is 4.76. The summed E-state index contributed by atoms with van der Waals surface area (Å²) in [7, 11) is 0. The Bertz CT molecular complexity index is 285. The van der Waals surface area contributed by atoms with E-state index in [1.807, 2.05) is 12.1 Å². The molecule has 0 radical (unpaired) electrons. The first-order valence-electron chi connectivity index (χ1n) is 6.45. The molecule has 0 heterocycles. The summed E-state index contributed by atoms with van der Waals surface area (Å²) < 4.78 is 0. The number of aromatic hydroxyl groups is 1. The van der Waals surface area contributed by atoms with E-state index in [-0.39, 0.29) is 0 Å². The van der Waals surface area contributed by atoms with Crippen LogP contribution >= 0.6 is 0 Å². The molecule has 0 aliphatic carbocycles. The Morgan fingerprint density at radius 2 is 1.62 bits per heavy atom. The Labute approximate surface area is 99.5 Å². The summed E-state index contributed by atoms with van der Waals surface area (Å²) >= 11 is 0. The van der Waals surface area contributed by atoms with Gasteiger partial charge in [-0.05, 0) is 42.4 Å². The Hall–Kier alpha value is -0.980. The van der Waals surface area contributed by atoms with Crippen LogP contribution in [0.3, 0.4) is 0 Å². The van der Waals surface area contributed by atoms with Gasteiger partial charge in [0.1, 0.15) is 5.75 Å². The van der Waals surface area contributed by atoms with Crippen LogP contribution in [0.2, 0.25) is 0 Å². The van der Waals surface area contributed by atoms with Crippen molar-refractivity contribution in [1.82, 2.24) is 0 Å². The Morgan fingerprint density at radius 1 is 1.06 bits per heavy atom. The van der Waals surface area contributed by atoms with E-state index >= 15 is 0 Å². The highest BCUT2D eigenvalue weighted by atomic mass is 16.3. The fraction of sp³-hybridized carbons (Fsp3) is 0.600. The summed E-state index contributed by atoms with van der Waals surface area (Å²) in [6.45, 7) is 6.93. The lowest BCUT2D eigenvalue weighted by Gasteiger charge is -2.21. The SMILES string of the molecule is CCC(CC)C(C)CCc1ccc(O)cc1. The maximum absolute atomic E-state index is 9.20. The number of benzene rings is 1. The van der Waals surface area contributed by atoms with Gasteiger partial charge in [0.05, 0.1) is 0 Å². The standard InChI is InChI=1S/C15H24O/c1-4-14(5-2)12(3)6-7-13-8-10-15(16)11-9-13/h8-12,14,16H,4-7H2,1-3H3. The van der Waals surface area contributed by atoms with Crippen molar-refractivity contribution in [2.24, 2.45) is 11.8 Å². The highest BCUT2D eigenvalue weighted by molar-refractivity contribution is 5.25. The molecule has 0 aliphatic heterocycles. The number of phenols is 1. The van der Waals surface area contributed by atoms with Gasteiger partial charge in [0.15, 0.2) is 0 Å². The third-order valence-corrected chi connectivity index (χ3v) is 3.68. The minimum Gasteiger partial charge on any atom is -0.508 e. The number of hydrogen-bond donors (Lipinski definition) is 1. The first-order chi connectivity index (χ1) is 7.67. The van der Waals surface area contributed by atoms with Gasteiger partial charge >= 0.3 is 0 Å². The zero-order chi connectivity index (χ0) is 12.0. The number of hydrogen-bond acceptors (Lipinski definition) is 1. The molecule has 1 atom stereocenters. The topological polar surface area (TPSA) is 20.2 Å². The summed E-state index contributed by atoms with van der Waals surface area (Å²) in [5.41, 5.74) is 1.33. The highest BCUT2D eigenvalue weighted by Crippen LogP contribution is 2.24. The van der Waals surface area contributed by atoms with Crippen LogP contribution in [0.1, 0.15) is 45.6 Å². The van der Waals surface area contributed by atoms with E-state index in [4.69, 9.17) is 0 Å². The largest absolute Gasteiger partial charge is 0.508 e. The van der Waals surface area contributed by atoms with Crippen LogP contribution < -0.4 is 0 Å². The molecule has 0 aromatic heterocycles. The van der Waals surface area contributed by atoms with Crippen molar-refractivity contribution in [3.63, 3.8) is 0 Å². The van der Waals surface area contributed by atoms with Crippen LogP contribution in [0.5, 0.6) is 5.75 Å². The van der Waals surface area contributed by atoms with Crippen molar-refractivity contribution < 1.29 is 5.11 Å². The van der Waals surface area contributed by atoms with Gasteiger partial charge in [0.2, 0.25) is 0 Å². The first kappa shape index (κ1) is 13.1. The van der Waals surface area contributed by atoms with E-state index in [9.17, 15) is 5.11 Å². The normalized spacial score (nSPS) is 13.0. The zero-order valence-electron chi connectivity index (χ0n) is 10.7. The van der Waals surface area contributed by atoms with Gasteiger partial charge in [0, 0.05) is 0 Å². The molecule has 1 aromatic rings. The summed E-state index contributed by atoms with van der Waals surface area (Å²) in [5, 5.41) is 9.20. The van der Waals surface area contributed by atoms with Crippen molar-refractivity contribution in [2.45, 2.75) is 46.5 Å². The van der Waals surface area contributed by atoms with Crippen molar-refractivity contribution in [2.75, 3.05) is 0 Å². The first-order valence-corrected chi connectivity index (χ1v) is 6.45. The fourth-order valence-electron chi connectivity index (χ4n) is 2.39. The van der Waals surface area contributed by atoms with E-state index in [0.29, 0.717) is 5.75 Å². The van der Waals surface area contributed by atoms with Gasteiger partial charge in [0.25, 0.3) is 0 Å². The number of phenolic OH excluding ortho intramolecular Hbond substituents is 1. The molecule has 1 heteroatoms. The van der Waals surface area contributed by atoms with Crippen LogP contribution in [-0.2, 0) is 6.42 Å². The minimum absolute atomic E-state index is 0.358. The molecule has 0 amide bonds. The molecule has 0 fully saturated rings. The Morgan fingerprint density at radius 3 is 2.12 bits per heavy atom. The Balaban J connectivity index is 2.42. The average molecular weight is 220 g/mol. The molecule has 0 spiro atoms.